The molecule has 1 amide bonds. The van der Waals surface area contributed by atoms with Crippen LogP contribution in [0.15, 0.2) is 0 Å². The van der Waals surface area contributed by atoms with E-state index in [0.717, 1.165) is 12.8 Å². The van der Waals surface area contributed by atoms with E-state index in [4.69, 9.17) is 20.2 Å². The summed E-state index contributed by atoms with van der Waals surface area (Å²) in [7, 11) is 1.88. The summed E-state index contributed by atoms with van der Waals surface area (Å²) in [5.74, 6) is 0.126. The van der Waals surface area contributed by atoms with E-state index < -0.39 is 26.2 Å². The Morgan fingerprint density at radius 3 is 2.35 bits per heavy atom. The van der Waals surface area contributed by atoms with Crippen molar-refractivity contribution in [1.29, 1.82) is 0 Å². The van der Waals surface area contributed by atoms with Gasteiger partial charge in [0.15, 0.2) is 0 Å². The van der Waals surface area contributed by atoms with Gasteiger partial charge >= 0.3 is 6.09 Å². The van der Waals surface area contributed by atoms with Gasteiger partial charge < -0.3 is 14.8 Å². The number of rotatable bonds is 5. The van der Waals surface area contributed by atoms with Crippen molar-refractivity contribution in [1.82, 2.24) is 5.32 Å². The lowest BCUT2D eigenvalue weighted by molar-refractivity contribution is -0.00453. The third-order valence-corrected chi connectivity index (χ3v) is 5.62. The van der Waals surface area contributed by atoms with Crippen molar-refractivity contribution >= 4 is 25.8 Å². The van der Waals surface area contributed by atoms with Gasteiger partial charge in [0.05, 0.1) is 5.75 Å². The molecule has 23 heavy (non-hydrogen) atoms. The van der Waals surface area contributed by atoms with Crippen LogP contribution in [0, 0.1) is 11.3 Å². The van der Waals surface area contributed by atoms with Gasteiger partial charge in [0.25, 0.3) is 0 Å². The van der Waals surface area contributed by atoms with Crippen LogP contribution in [0.4, 0.5) is 4.79 Å². The van der Waals surface area contributed by atoms with Gasteiger partial charge in [0, 0.05) is 35.4 Å². The van der Waals surface area contributed by atoms with E-state index in [1.807, 2.05) is 0 Å². The first-order valence-electron chi connectivity index (χ1n) is 8.00. The van der Waals surface area contributed by atoms with Crippen LogP contribution >= 0.6 is 10.7 Å². The van der Waals surface area contributed by atoms with Crippen LogP contribution in [-0.4, -0.2) is 45.1 Å². The minimum atomic E-state index is -3.68. The van der Waals surface area contributed by atoms with E-state index in [2.05, 4.69) is 5.32 Å². The van der Waals surface area contributed by atoms with Crippen molar-refractivity contribution in [3.8, 4) is 0 Å². The summed E-state index contributed by atoms with van der Waals surface area (Å²) in [5.41, 5.74) is -1.18. The predicted octanol–water partition coefficient (Wildman–Crippen LogP) is 2.66. The van der Waals surface area contributed by atoms with Gasteiger partial charge in [-0.2, -0.15) is 0 Å². The maximum Gasteiger partial charge on any atom is 0.407 e. The van der Waals surface area contributed by atoms with Gasteiger partial charge in [-0.1, -0.05) is 0 Å². The molecule has 1 atom stereocenters. The molecule has 6 nitrogen and oxygen atoms in total. The average Bonchev–Trinajstić information content (AvgIpc) is 3.16. The molecular formula is C15H26ClNO5S. The molecule has 2 fully saturated rings. The minimum absolute atomic E-state index is 0.151. The molecule has 0 aromatic rings. The maximum atomic E-state index is 12.2. The maximum absolute atomic E-state index is 12.2. The Morgan fingerprint density at radius 2 is 1.91 bits per heavy atom. The molecule has 0 aromatic heterocycles. The Bertz CT molecular complexity index is 533. The average molecular weight is 368 g/mol. The molecule has 1 aliphatic carbocycles. The minimum Gasteiger partial charge on any atom is -0.444 e. The molecule has 1 heterocycles. The van der Waals surface area contributed by atoms with Crippen molar-refractivity contribution in [2.24, 2.45) is 11.3 Å². The number of halogens is 1. The fourth-order valence-corrected chi connectivity index (χ4v) is 5.11. The van der Waals surface area contributed by atoms with Gasteiger partial charge in [-0.3, -0.25) is 0 Å². The molecule has 1 N–H and O–H groups in total. The lowest BCUT2D eigenvalue weighted by Gasteiger charge is -2.43. The highest BCUT2D eigenvalue weighted by Gasteiger charge is 2.50. The van der Waals surface area contributed by atoms with Crippen molar-refractivity contribution < 1.29 is 22.7 Å². The second-order valence-corrected chi connectivity index (χ2v) is 10.4. The van der Waals surface area contributed by atoms with E-state index in [-0.39, 0.29) is 17.7 Å². The molecule has 1 unspecified atom stereocenters. The Morgan fingerprint density at radius 1 is 1.35 bits per heavy atom. The Balaban J connectivity index is 2.19. The molecule has 2 rings (SSSR count). The number of carbonyl (C=O) groups excluding carboxylic acids is 1. The lowest BCUT2D eigenvalue weighted by Crippen LogP contribution is -2.55. The first-order valence-corrected chi connectivity index (χ1v) is 10.5. The number of ether oxygens (including phenoxy) is 2. The van der Waals surface area contributed by atoms with E-state index in [0.29, 0.717) is 26.1 Å². The summed E-state index contributed by atoms with van der Waals surface area (Å²) in [4.78, 5) is 12.2. The molecule has 0 radical (unpaired) electrons. The summed E-state index contributed by atoms with van der Waals surface area (Å²) in [6.45, 7) is 6.35. The van der Waals surface area contributed by atoms with E-state index in [1.165, 1.54) is 0 Å². The van der Waals surface area contributed by atoms with Crippen molar-refractivity contribution in [3.05, 3.63) is 0 Å². The Kier molecular flexibility index (Phi) is 5.53. The summed E-state index contributed by atoms with van der Waals surface area (Å²) < 4.78 is 34.2. The van der Waals surface area contributed by atoms with Crippen LogP contribution in [0.5, 0.6) is 0 Å². The summed E-state index contributed by atoms with van der Waals surface area (Å²) in [6, 6.07) is -0.255. The van der Waals surface area contributed by atoms with Crippen LogP contribution in [-0.2, 0) is 18.5 Å². The molecule has 0 bridgehead atoms. The molecule has 8 heteroatoms. The van der Waals surface area contributed by atoms with Gasteiger partial charge in [-0.15, -0.1) is 0 Å². The first-order chi connectivity index (χ1) is 10.5. The number of hydrogen-bond donors (Lipinski definition) is 1. The Hall–Kier alpha value is -0.530. The number of carbonyl (C=O) groups is 1. The molecule has 0 aromatic carbocycles. The van der Waals surface area contributed by atoms with Crippen LogP contribution < -0.4 is 5.32 Å². The van der Waals surface area contributed by atoms with Crippen LogP contribution in [0.1, 0.15) is 46.5 Å². The largest absolute Gasteiger partial charge is 0.444 e. The predicted molar refractivity (Wildman–Crippen MR) is 88.0 cm³/mol. The Labute approximate surface area is 142 Å². The first kappa shape index (κ1) is 18.8. The van der Waals surface area contributed by atoms with Gasteiger partial charge in [-0.25, -0.2) is 13.2 Å². The lowest BCUT2D eigenvalue weighted by atomic mass is 9.73. The molecule has 1 saturated heterocycles. The van der Waals surface area contributed by atoms with E-state index in [1.54, 1.807) is 20.8 Å². The topological polar surface area (TPSA) is 81.7 Å². The third kappa shape index (κ3) is 5.80. The number of hydrogen-bond acceptors (Lipinski definition) is 5. The molecule has 134 valence electrons. The van der Waals surface area contributed by atoms with E-state index >= 15 is 0 Å². The fourth-order valence-electron chi connectivity index (χ4n) is 3.30. The zero-order chi connectivity index (χ0) is 17.3. The second kappa shape index (κ2) is 6.76. The third-order valence-electron chi connectivity index (χ3n) is 4.37. The SMILES string of the molecule is CC(C)(C)OC(=O)NC(C1CC1)C1(CS(=O)(=O)Cl)CCOCC1. The summed E-state index contributed by atoms with van der Waals surface area (Å²) >= 11 is 0. The fraction of sp³-hybridized carbons (Fsp3) is 0.933. The van der Waals surface area contributed by atoms with Crippen molar-refractivity contribution in [3.63, 3.8) is 0 Å². The van der Waals surface area contributed by atoms with Gasteiger partial charge in [-0.05, 0) is 52.4 Å². The number of alkyl carbamates (subject to hydrolysis) is 1. The van der Waals surface area contributed by atoms with Crippen LogP contribution in [0.3, 0.4) is 0 Å². The van der Waals surface area contributed by atoms with Crippen molar-refractivity contribution in [2.45, 2.75) is 58.1 Å². The molecule has 1 saturated carbocycles. The zero-order valence-corrected chi connectivity index (χ0v) is 15.5. The van der Waals surface area contributed by atoms with Gasteiger partial charge in [0.2, 0.25) is 9.05 Å². The monoisotopic (exact) mass is 367 g/mol. The smallest absolute Gasteiger partial charge is 0.407 e. The summed E-state index contributed by atoms with van der Waals surface area (Å²) in [5, 5.41) is 2.93. The highest BCUT2D eigenvalue weighted by molar-refractivity contribution is 8.13. The highest BCUT2D eigenvalue weighted by Crippen LogP contribution is 2.46. The molecular weight excluding hydrogens is 342 g/mol. The highest BCUT2D eigenvalue weighted by atomic mass is 35.7. The zero-order valence-electron chi connectivity index (χ0n) is 13.9. The summed E-state index contributed by atoms with van der Waals surface area (Å²) in [6.07, 6.45) is 2.58. The second-order valence-electron chi connectivity index (χ2n) is 7.62. The molecule has 0 spiro atoms. The van der Waals surface area contributed by atoms with Crippen LogP contribution in [0.25, 0.3) is 0 Å². The molecule has 1 aliphatic heterocycles. The molecule has 2 aliphatic rings. The number of amides is 1. The van der Waals surface area contributed by atoms with Gasteiger partial charge in [0.1, 0.15) is 5.60 Å². The normalized spacial score (nSPS) is 23.1. The van der Waals surface area contributed by atoms with E-state index in [9.17, 15) is 13.2 Å². The number of nitrogens with one attached hydrogen (secondary N) is 1. The standard InChI is InChI=1S/C15H26ClNO5S/c1-14(2,3)22-13(18)17-12(11-4-5-11)15(10-23(16,19)20)6-8-21-9-7-15/h11-12H,4-10H2,1-3H3,(H,17,18). The quantitative estimate of drug-likeness (QED) is 0.755. The van der Waals surface area contributed by atoms with Crippen molar-refractivity contribution in [2.75, 3.05) is 19.0 Å². The van der Waals surface area contributed by atoms with Crippen LogP contribution in [0.2, 0.25) is 0 Å².